The first-order valence-electron chi connectivity index (χ1n) is 8.90. The van der Waals surface area contributed by atoms with Gasteiger partial charge in [0.25, 0.3) is 5.91 Å². The van der Waals surface area contributed by atoms with Gasteiger partial charge in [-0.3, -0.25) is 4.79 Å². The van der Waals surface area contributed by atoms with Gasteiger partial charge in [-0.25, -0.2) is 4.98 Å². The van der Waals surface area contributed by atoms with Gasteiger partial charge in [0, 0.05) is 19.3 Å². The molecule has 0 atom stereocenters. The fourth-order valence-corrected chi connectivity index (χ4v) is 2.52. The zero-order chi connectivity index (χ0) is 18.4. The summed E-state index contributed by atoms with van der Waals surface area (Å²) in [4.78, 5) is 18.8. The summed E-state index contributed by atoms with van der Waals surface area (Å²) in [5, 5.41) is 2.90. The molecule has 1 N–H and O–H groups in total. The Balaban J connectivity index is 2.01. The van der Waals surface area contributed by atoms with Gasteiger partial charge in [-0.05, 0) is 41.7 Å². The number of carbonyl (C=O) groups is 1. The quantitative estimate of drug-likeness (QED) is 0.817. The molecule has 2 aromatic rings. The first kappa shape index (κ1) is 19.0. The summed E-state index contributed by atoms with van der Waals surface area (Å²) in [6.07, 6.45) is 4.06. The van der Waals surface area contributed by atoms with Gasteiger partial charge in [0.2, 0.25) is 0 Å². The number of rotatable bonds is 6. The van der Waals surface area contributed by atoms with Gasteiger partial charge in [0.05, 0.1) is 11.9 Å². The molecule has 0 fully saturated rings. The van der Waals surface area contributed by atoms with Gasteiger partial charge in [0.15, 0.2) is 0 Å². The number of pyridine rings is 1. The second-order valence-electron chi connectivity index (χ2n) is 7.46. The molecule has 1 heterocycles. The molecule has 0 saturated heterocycles. The summed E-state index contributed by atoms with van der Waals surface area (Å²) in [7, 11) is 2.04. The summed E-state index contributed by atoms with van der Waals surface area (Å²) < 4.78 is 0. The maximum atomic E-state index is 12.4. The molecule has 1 aromatic carbocycles. The van der Waals surface area contributed by atoms with Crippen LogP contribution in [-0.2, 0) is 5.41 Å². The Labute approximate surface area is 151 Å². The number of nitrogens with zero attached hydrogens (tertiary/aromatic N) is 2. The summed E-state index contributed by atoms with van der Waals surface area (Å²) in [5.41, 5.74) is 3.57. The van der Waals surface area contributed by atoms with Gasteiger partial charge in [-0.1, -0.05) is 46.2 Å². The van der Waals surface area contributed by atoms with Crippen LogP contribution < -0.4 is 10.2 Å². The zero-order valence-electron chi connectivity index (χ0n) is 16.0. The van der Waals surface area contributed by atoms with Crippen molar-refractivity contribution in [3.63, 3.8) is 0 Å². The maximum absolute atomic E-state index is 12.4. The van der Waals surface area contributed by atoms with E-state index in [2.05, 4.69) is 55.0 Å². The van der Waals surface area contributed by atoms with Gasteiger partial charge in [-0.15, -0.1) is 0 Å². The number of anilines is 2. The van der Waals surface area contributed by atoms with E-state index in [9.17, 15) is 4.79 Å². The fraction of sp³-hybridized carbons (Fsp3) is 0.429. The predicted molar refractivity (Wildman–Crippen MR) is 106 cm³/mol. The molecule has 1 amide bonds. The van der Waals surface area contributed by atoms with Crippen LogP contribution in [0.2, 0.25) is 0 Å². The van der Waals surface area contributed by atoms with Crippen LogP contribution in [0.3, 0.4) is 0 Å². The number of amides is 1. The molecule has 0 aliphatic carbocycles. The van der Waals surface area contributed by atoms with E-state index in [1.54, 1.807) is 12.3 Å². The lowest BCUT2D eigenvalue weighted by Gasteiger charge is -2.19. The van der Waals surface area contributed by atoms with E-state index < -0.39 is 0 Å². The summed E-state index contributed by atoms with van der Waals surface area (Å²) in [6.45, 7) is 9.67. The van der Waals surface area contributed by atoms with E-state index in [1.807, 2.05) is 25.2 Å². The van der Waals surface area contributed by atoms with Crippen molar-refractivity contribution in [2.24, 2.45) is 0 Å². The van der Waals surface area contributed by atoms with E-state index in [1.165, 1.54) is 5.56 Å². The van der Waals surface area contributed by atoms with E-state index in [4.69, 9.17) is 0 Å². The molecule has 4 nitrogen and oxygen atoms in total. The minimum Gasteiger partial charge on any atom is -0.373 e. The normalized spacial score (nSPS) is 11.2. The van der Waals surface area contributed by atoms with Gasteiger partial charge >= 0.3 is 0 Å². The molecule has 0 radical (unpaired) electrons. The number of benzene rings is 1. The molecule has 2 rings (SSSR count). The van der Waals surface area contributed by atoms with Crippen LogP contribution in [0.15, 0.2) is 42.6 Å². The van der Waals surface area contributed by atoms with Crippen LogP contribution in [0.1, 0.15) is 56.6 Å². The topological polar surface area (TPSA) is 45.2 Å². The summed E-state index contributed by atoms with van der Waals surface area (Å²) in [6, 6.07) is 11.7. The molecule has 0 spiro atoms. The van der Waals surface area contributed by atoms with Crippen LogP contribution >= 0.6 is 0 Å². The zero-order valence-corrected chi connectivity index (χ0v) is 16.0. The van der Waals surface area contributed by atoms with Gasteiger partial charge < -0.3 is 10.2 Å². The molecule has 134 valence electrons. The minimum atomic E-state index is -0.189. The lowest BCUT2D eigenvalue weighted by molar-refractivity contribution is 0.102. The Kier molecular flexibility index (Phi) is 6.18. The van der Waals surface area contributed by atoms with Crippen molar-refractivity contribution in [3.05, 3.63) is 53.9 Å². The van der Waals surface area contributed by atoms with Crippen molar-refractivity contribution in [1.29, 1.82) is 0 Å². The average Bonchev–Trinajstić information content (AvgIpc) is 2.59. The molecule has 1 aromatic heterocycles. The highest BCUT2D eigenvalue weighted by Crippen LogP contribution is 2.23. The van der Waals surface area contributed by atoms with Crippen LogP contribution in [0, 0.1) is 0 Å². The molecule has 0 bridgehead atoms. The Morgan fingerprint density at radius 1 is 1.12 bits per heavy atom. The highest BCUT2D eigenvalue weighted by molar-refractivity contribution is 6.02. The third-order valence-corrected chi connectivity index (χ3v) is 4.28. The third-order valence-electron chi connectivity index (χ3n) is 4.28. The highest BCUT2D eigenvalue weighted by atomic mass is 16.1. The molecule has 0 saturated carbocycles. The highest BCUT2D eigenvalue weighted by Gasteiger charge is 2.14. The Bertz CT molecular complexity index is 685. The fourth-order valence-electron chi connectivity index (χ4n) is 2.52. The van der Waals surface area contributed by atoms with E-state index in [-0.39, 0.29) is 11.3 Å². The van der Waals surface area contributed by atoms with Crippen LogP contribution in [-0.4, -0.2) is 24.5 Å². The molecular formula is C21H29N3O. The number of nitrogens with one attached hydrogen (secondary N) is 1. The first-order chi connectivity index (χ1) is 11.8. The van der Waals surface area contributed by atoms with Crippen molar-refractivity contribution < 1.29 is 4.79 Å². The first-order valence-corrected chi connectivity index (χ1v) is 8.90. The Hall–Kier alpha value is -2.36. The van der Waals surface area contributed by atoms with Crippen molar-refractivity contribution in [3.8, 4) is 0 Å². The monoisotopic (exact) mass is 339 g/mol. The molecule has 0 aliphatic heterocycles. The molecule has 0 unspecified atom stereocenters. The lowest BCUT2D eigenvalue weighted by Crippen LogP contribution is -2.19. The van der Waals surface area contributed by atoms with Crippen LogP contribution in [0.4, 0.5) is 11.4 Å². The van der Waals surface area contributed by atoms with Crippen molar-refractivity contribution >= 4 is 17.3 Å². The molecule has 4 heteroatoms. The molecular weight excluding hydrogens is 310 g/mol. The summed E-state index contributed by atoms with van der Waals surface area (Å²) >= 11 is 0. The number of carbonyl (C=O) groups excluding carboxylic acids is 1. The van der Waals surface area contributed by atoms with Crippen molar-refractivity contribution in [1.82, 2.24) is 4.98 Å². The lowest BCUT2D eigenvalue weighted by atomic mass is 9.87. The third kappa shape index (κ3) is 5.31. The average molecular weight is 339 g/mol. The Morgan fingerprint density at radius 3 is 2.32 bits per heavy atom. The van der Waals surface area contributed by atoms with Crippen molar-refractivity contribution in [2.45, 2.75) is 46.0 Å². The molecule has 25 heavy (non-hydrogen) atoms. The van der Waals surface area contributed by atoms with Gasteiger partial charge in [0.1, 0.15) is 5.69 Å². The van der Waals surface area contributed by atoms with Crippen LogP contribution in [0.5, 0.6) is 0 Å². The SMILES string of the molecule is CCCCN(C)c1ccc(C(=O)Nc2ccc(C(C)(C)C)cc2)nc1. The summed E-state index contributed by atoms with van der Waals surface area (Å²) in [5.74, 6) is -0.189. The smallest absolute Gasteiger partial charge is 0.274 e. The number of hydrogen-bond donors (Lipinski definition) is 1. The molecule has 0 aliphatic rings. The minimum absolute atomic E-state index is 0.101. The van der Waals surface area contributed by atoms with E-state index in [0.29, 0.717) is 5.69 Å². The second-order valence-corrected chi connectivity index (χ2v) is 7.46. The van der Waals surface area contributed by atoms with Crippen molar-refractivity contribution in [2.75, 3.05) is 23.8 Å². The number of hydrogen-bond acceptors (Lipinski definition) is 3. The van der Waals surface area contributed by atoms with E-state index >= 15 is 0 Å². The predicted octanol–water partition coefficient (Wildman–Crippen LogP) is 4.87. The Morgan fingerprint density at radius 2 is 1.80 bits per heavy atom. The van der Waals surface area contributed by atoms with E-state index in [0.717, 1.165) is 30.8 Å². The maximum Gasteiger partial charge on any atom is 0.274 e. The second kappa shape index (κ2) is 8.15. The van der Waals surface area contributed by atoms with Gasteiger partial charge in [-0.2, -0.15) is 0 Å². The standard InChI is InChI=1S/C21H29N3O/c1-6-7-14-24(5)18-12-13-19(22-15-18)20(25)23-17-10-8-16(9-11-17)21(2,3)4/h8-13,15H,6-7,14H2,1-5H3,(H,23,25). The largest absolute Gasteiger partial charge is 0.373 e. The number of unbranched alkanes of at least 4 members (excludes halogenated alkanes) is 1. The van der Waals surface area contributed by atoms with Crippen LogP contribution in [0.25, 0.3) is 0 Å². The number of aromatic nitrogens is 1.